The van der Waals surface area contributed by atoms with Crippen LogP contribution in [0.25, 0.3) is 0 Å². The van der Waals surface area contributed by atoms with Crippen LogP contribution in [0.4, 0.5) is 5.69 Å². The van der Waals surface area contributed by atoms with Crippen LogP contribution in [0.5, 0.6) is 0 Å². The van der Waals surface area contributed by atoms with Crippen molar-refractivity contribution in [1.82, 2.24) is 10.2 Å². The molecular weight excluding hydrogens is 274 g/mol. The van der Waals surface area contributed by atoms with Crippen LogP contribution in [-0.2, 0) is 12.0 Å². The number of carbonyl (C=O) groups is 1. The molecule has 0 amide bonds. The fourth-order valence-corrected chi connectivity index (χ4v) is 2.44. The molecule has 0 aliphatic heterocycles. The van der Waals surface area contributed by atoms with Crippen molar-refractivity contribution in [2.24, 2.45) is 0 Å². The molecule has 0 aliphatic carbocycles. The molecule has 4 heteroatoms. The van der Waals surface area contributed by atoms with Gasteiger partial charge in [-0.25, -0.2) is 0 Å². The fourth-order valence-electron chi connectivity index (χ4n) is 2.44. The number of hydrogen-bond donors (Lipinski definition) is 2. The van der Waals surface area contributed by atoms with Crippen LogP contribution in [0.3, 0.4) is 0 Å². The number of nitrogens with zero attached hydrogens (tertiary/aromatic N) is 1. The quantitative estimate of drug-likeness (QED) is 0.782. The summed E-state index contributed by atoms with van der Waals surface area (Å²) in [5, 5.41) is 10.7. The van der Waals surface area contributed by atoms with E-state index in [2.05, 4.69) is 36.3 Å². The third-order valence-electron chi connectivity index (χ3n) is 3.60. The number of nitrogens with one attached hydrogen (secondary N) is 2. The number of hydrogen-bond acceptors (Lipinski definition) is 3. The Labute approximate surface area is 132 Å². The number of benzene rings is 1. The maximum Gasteiger partial charge on any atom is 0.162 e. The van der Waals surface area contributed by atoms with E-state index in [1.165, 1.54) is 5.56 Å². The number of aromatic nitrogens is 2. The maximum atomic E-state index is 11.8. The molecule has 4 nitrogen and oxygen atoms in total. The molecule has 2 aromatic rings. The second-order valence-corrected chi connectivity index (χ2v) is 6.61. The number of ketones is 1. The monoisotopic (exact) mass is 299 g/mol. The lowest BCUT2D eigenvalue weighted by Gasteiger charge is -2.17. The first-order valence-electron chi connectivity index (χ1n) is 7.82. The molecule has 0 aliphatic rings. The van der Waals surface area contributed by atoms with Crippen LogP contribution < -0.4 is 5.32 Å². The molecule has 2 N–H and O–H groups in total. The number of carbonyl (C=O) groups excluding carboxylic acids is 1. The zero-order valence-electron chi connectivity index (χ0n) is 13.9. The van der Waals surface area contributed by atoms with E-state index in [-0.39, 0.29) is 11.2 Å². The van der Waals surface area contributed by atoms with Gasteiger partial charge in [0, 0.05) is 41.4 Å². The Morgan fingerprint density at radius 2 is 1.91 bits per heavy atom. The molecule has 0 atom stereocenters. The molecule has 0 saturated carbocycles. The van der Waals surface area contributed by atoms with Gasteiger partial charge in [0.1, 0.15) is 0 Å². The largest absolute Gasteiger partial charge is 0.381 e. The Kier molecular flexibility index (Phi) is 5.01. The molecule has 0 spiro atoms. The number of anilines is 1. The van der Waals surface area contributed by atoms with Gasteiger partial charge in [0.05, 0.1) is 5.69 Å². The minimum atomic E-state index is 0.0213. The minimum absolute atomic E-state index is 0.0213. The predicted molar refractivity (Wildman–Crippen MR) is 90.3 cm³/mol. The Hall–Kier alpha value is -2.10. The number of aromatic amines is 1. The van der Waals surface area contributed by atoms with Crippen molar-refractivity contribution in [1.29, 1.82) is 0 Å². The Bertz CT molecular complexity index is 621. The molecule has 0 unspecified atom stereocenters. The molecular formula is C18H25N3O. The lowest BCUT2D eigenvalue weighted by Crippen LogP contribution is -2.15. The van der Waals surface area contributed by atoms with Gasteiger partial charge in [-0.1, -0.05) is 27.7 Å². The summed E-state index contributed by atoms with van der Waals surface area (Å²) >= 11 is 0. The Balaban J connectivity index is 2.01. The second-order valence-electron chi connectivity index (χ2n) is 6.61. The van der Waals surface area contributed by atoms with Gasteiger partial charge in [-0.2, -0.15) is 5.10 Å². The van der Waals surface area contributed by atoms with Crippen molar-refractivity contribution >= 4 is 11.5 Å². The summed E-state index contributed by atoms with van der Waals surface area (Å²) in [6.07, 6.45) is 3.43. The van der Waals surface area contributed by atoms with Crippen LogP contribution in [-0.4, -0.2) is 16.0 Å². The van der Waals surface area contributed by atoms with E-state index in [4.69, 9.17) is 0 Å². The standard InChI is InChI=1S/C18H25N3O/c1-5-6-16(22)13-7-9-15(10-8-13)19-11-14-12-20-21-17(14)18(2,3)4/h7-10,12,19H,5-6,11H2,1-4H3,(H,20,21). The summed E-state index contributed by atoms with van der Waals surface area (Å²) in [5.74, 6) is 0.207. The zero-order chi connectivity index (χ0) is 16.2. The van der Waals surface area contributed by atoms with Crippen LogP contribution in [0.15, 0.2) is 30.5 Å². The average Bonchev–Trinajstić information content (AvgIpc) is 2.94. The van der Waals surface area contributed by atoms with E-state index in [9.17, 15) is 4.79 Å². The van der Waals surface area contributed by atoms with Crippen LogP contribution >= 0.6 is 0 Å². The van der Waals surface area contributed by atoms with Crippen molar-refractivity contribution in [2.75, 3.05) is 5.32 Å². The summed E-state index contributed by atoms with van der Waals surface area (Å²) in [4.78, 5) is 11.8. The molecule has 2 rings (SSSR count). The highest BCUT2D eigenvalue weighted by atomic mass is 16.1. The van der Waals surface area contributed by atoms with E-state index in [0.717, 1.165) is 23.4 Å². The number of Topliss-reactive ketones (excluding diaryl/α,β-unsaturated/α-hetero) is 1. The molecule has 22 heavy (non-hydrogen) atoms. The van der Waals surface area contributed by atoms with Crippen molar-refractivity contribution in [3.05, 3.63) is 47.3 Å². The Morgan fingerprint density at radius 1 is 1.23 bits per heavy atom. The maximum absolute atomic E-state index is 11.8. The van der Waals surface area contributed by atoms with Crippen molar-refractivity contribution in [2.45, 2.75) is 52.5 Å². The third kappa shape index (κ3) is 3.97. The van der Waals surface area contributed by atoms with E-state index < -0.39 is 0 Å². The van der Waals surface area contributed by atoms with Gasteiger partial charge in [0.25, 0.3) is 0 Å². The van der Waals surface area contributed by atoms with E-state index in [1.54, 1.807) is 0 Å². The van der Waals surface area contributed by atoms with Gasteiger partial charge in [-0.05, 0) is 30.7 Å². The van der Waals surface area contributed by atoms with Gasteiger partial charge in [-0.3, -0.25) is 9.89 Å². The highest BCUT2D eigenvalue weighted by Crippen LogP contribution is 2.24. The fraction of sp³-hybridized carbons (Fsp3) is 0.444. The molecule has 0 radical (unpaired) electrons. The first kappa shape index (κ1) is 16.3. The molecule has 0 bridgehead atoms. The average molecular weight is 299 g/mol. The molecule has 1 aromatic carbocycles. The van der Waals surface area contributed by atoms with Gasteiger partial charge < -0.3 is 5.32 Å². The summed E-state index contributed by atoms with van der Waals surface area (Å²) in [6.45, 7) is 9.19. The highest BCUT2D eigenvalue weighted by molar-refractivity contribution is 5.96. The van der Waals surface area contributed by atoms with Crippen molar-refractivity contribution in [3.63, 3.8) is 0 Å². The topological polar surface area (TPSA) is 57.8 Å². The van der Waals surface area contributed by atoms with Crippen molar-refractivity contribution < 1.29 is 4.79 Å². The lowest BCUT2D eigenvalue weighted by atomic mass is 9.89. The summed E-state index contributed by atoms with van der Waals surface area (Å²) in [6, 6.07) is 7.69. The first-order chi connectivity index (χ1) is 10.4. The minimum Gasteiger partial charge on any atom is -0.381 e. The van der Waals surface area contributed by atoms with E-state index in [0.29, 0.717) is 13.0 Å². The molecule has 0 fully saturated rings. The van der Waals surface area contributed by atoms with Crippen LogP contribution in [0, 0.1) is 0 Å². The molecule has 1 aromatic heterocycles. The summed E-state index contributed by atoms with van der Waals surface area (Å²) in [5.41, 5.74) is 4.06. The molecule has 118 valence electrons. The van der Waals surface area contributed by atoms with Crippen LogP contribution in [0.2, 0.25) is 0 Å². The number of H-pyrrole nitrogens is 1. The second kappa shape index (κ2) is 6.77. The Morgan fingerprint density at radius 3 is 2.50 bits per heavy atom. The molecule has 0 saturated heterocycles. The summed E-state index contributed by atoms with van der Waals surface area (Å²) in [7, 11) is 0. The van der Waals surface area contributed by atoms with E-state index >= 15 is 0 Å². The van der Waals surface area contributed by atoms with Crippen LogP contribution in [0.1, 0.15) is 62.2 Å². The van der Waals surface area contributed by atoms with Gasteiger partial charge in [-0.15, -0.1) is 0 Å². The third-order valence-corrected chi connectivity index (χ3v) is 3.60. The highest BCUT2D eigenvalue weighted by Gasteiger charge is 2.20. The van der Waals surface area contributed by atoms with Gasteiger partial charge in [0.15, 0.2) is 5.78 Å². The number of rotatable bonds is 6. The zero-order valence-corrected chi connectivity index (χ0v) is 13.9. The van der Waals surface area contributed by atoms with Gasteiger partial charge in [0.2, 0.25) is 0 Å². The SMILES string of the molecule is CCCC(=O)c1ccc(NCc2c[nH]nc2C(C)(C)C)cc1. The normalized spacial score (nSPS) is 11.5. The van der Waals surface area contributed by atoms with Gasteiger partial charge >= 0.3 is 0 Å². The predicted octanol–water partition coefficient (Wildman–Crippen LogP) is 4.30. The van der Waals surface area contributed by atoms with Crippen molar-refractivity contribution in [3.8, 4) is 0 Å². The van der Waals surface area contributed by atoms with E-state index in [1.807, 2.05) is 37.4 Å². The summed E-state index contributed by atoms with van der Waals surface area (Å²) < 4.78 is 0. The molecule has 1 heterocycles. The lowest BCUT2D eigenvalue weighted by molar-refractivity contribution is 0.0982. The first-order valence-corrected chi connectivity index (χ1v) is 7.82. The smallest absolute Gasteiger partial charge is 0.162 e.